The molecule has 1 aliphatic heterocycles. The first-order chi connectivity index (χ1) is 7.68. The van der Waals surface area contributed by atoms with Gasteiger partial charge >= 0.3 is 0 Å². The van der Waals surface area contributed by atoms with E-state index in [0.717, 1.165) is 6.20 Å². The minimum Gasteiger partial charge on any atom is -0.338 e. The van der Waals surface area contributed by atoms with Crippen molar-refractivity contribution in [1.29, 1.82) is 0 Å². The van der Waals surface area contributed by atoms with Crippen molar-refractivity contribution in [1.82, 2.24) is 9.88 Å². The van der Waals surface area contributed by atoms with Gasteiger partial charge in [0.15, 0.2) is 5.82 Å². The van der Waals surface area contributed by atoms with Gasteiger partial charge < -0.3 is 4.90 Å². The van der Waals surface area contributed by atoms with E-state index in [-0.39, 0.29) is 17.3 Å². The Morgan fingerprint density at radius 1 is 1.38 bits per heavy atom. The van der Waals surface area contributed by atoms with Gasteiger partial charge in [-0.3, -0.25) is 14.6 Å². The largest absolute Gasteiger partial charge is 0.338 e. The minimum atomic E-state index is -0.621. The fourth-order valence-electron chi connectivity index (χ4n) is 1.68. The van der Waals surface area contributed by atoms with Gasteiger partial charge in [0.2, 0.25) is 0 Å². The molecular weight excluding hydrogens is 211 g/mol. The Balaban J connectivity index is 2.14. The normalized spacial score (nSPS) is 16.3. The predicted molar refractivity (Wildman–Crippen MR) is 54.3 cm³/mol. The molecule has 2 heterocycles. The molecule has 0 atom stereocenters. The summed E-state index contributed by atoms with van der Waals surface area (Å²) in [4.78, 5) is 28.0. The summed E-state index contributed by atoms with van der Waals surface area (Å²) < 4.78 is 13.3. The van der Waals surface area contributed by atoms with Crippen molar-refractivity contribution in [2.75, 3.05) is 13.1 Å². The molecule has 1 fully saturated rings. The van der Waals surface area contributed by atoms with Crippen LogP contribution in [0.1, 0.15) is 23.2 Å². The summed E-state index contributed by atoms with van der Waals surface area (Å²) >= 11 is 0. The van der Waals surface area contributed by atoms with Crippen LogP contribution in [0.2, 0.25) is 0 Å². The lowest BCUT2D eigenvalue weighted by Crippen LogP contribution is -2.38. The molecule has 16 heavy (non-hydrogen) atoms. The SMILES string of the molecule is O=C1CCN(C(=O)c2ccncc2F)CC1. The third-order valence-corrected chi connectivity index (χ3v) is 2.61. The Bertz CT molecular complexity index is 424. The highest BCUT2D eigenvalue weighted by atomic mass is 19.1. The second kappa shape index (κ2) is 4.38. The lowest BCUT2D eigenvalue weighted by Gasteiger charge is -2.26. The number of Topliss-reactive ketones (excluding diaryl/α,β-unsaturated/α-hetero) is 1. The molecule has 1 saturated heterocycles. The summed E-state index contributed by atoms with van der Waals surface area (Å²) in [5.74, 6) is -0.837. The molecule has 84 valence electrons. The van der Waals surface area contributed by atoms with Crippen molar-refractivity contribution in [2.24, 2.45) is 0 Å². The maximum absolute atomic E-state index is 13.3. The zero-order chi connectivity index (χ0) is 11.5. The number of ketones is 1. The molecule has 1 aliphatic rings. The number of hydrogen-bond acceptors (Lipinski definition) is 3. The molecule has 1 amide bonds. The predicted octanol–water partition coefficient (Wildman–Crippen LogP) is 1.03. The average molecular weight is 222 g/mol. The first kappa shape index (κ1) is 10.7. The summed E-state index contributed by atoms with van der Waals surface area (Å²) in [6.07, 6.45) is 3.12. The number of aromatic nitrogens is 1. The van der Waals surface area contributed by atoms with Gasteiger partial charge in [0.05, 0.1) is 11.8 Å². The second-order valence-corrected chi connectivity index (χ2v) is 3.69. The molecule has 0 bridgehead atoms. The van der Waals surface area contributed by atoms with Crippen LogP contribution in [0.25, 0.3) is 0 Å². The van der Waals surface area contributed by atoms with E-state index in [0.29, 0.717) is 25.9 Å². The number of carbonyl (C=O) groups excluding carboxylic acids is 2. The zero-order valence-corrected chi connectivity index (χ0v) is 8.65. The molecule has 5 heteroatoms. The van der Waals surface area contributed by atoms with Gasteiger partial charge in [0.1, 0.15) is 5.78 Å². The van der Waals surface area contributed by atoms with Gasteiger partial charge in [-0.2, -0.15) is 0 Å². The molecule has 2 rings (SSSR count). The fraction of sp³-hybridized carbons (Fsp3) is 0.364. The van der Waals surface area contributed by atoms with E-state index in [2.05, 4.69) is 4.98 Å². The highest BCUT2D eigenvalue weighted by Crippen LogP contribution is 2.13. The van der Waals surface area contributed by atoms with Crippen LogP contribution in [0.4, 0.5) is 4.39 Å². The van der Waals surface area contributed by atoms with Gasteiger partial charge in [-0.25, -0.2) is 4.39 Å². The van der Waals surface area contributed by atoms with Crippen LogP contribution >= 0.6 is 0 Å². The lowest BCUT2D eigenvalue weighted by atomic mass is 10.1. The maximum Gasteiger partial charge on any atom is 0.256 e. The Kier molecular flexibility index (Phi) is 2.94. The van der Waals surface area contributed by atoms with Crippen LogP contribution in [0.5, 0.6) is 0 Å². The van der Waals surface area contributed by atoms with Crippen LogP contribution in [0, 0.1) is 5.82 Å². The highest BCUT2D eigenvalue weighted by Gasteiger charge is 2.23. The number of halogens is 1. The standard InChI is InChI=1S/C11H11FN2O2/c12-10-7-13-4-1-9(10)11(16)14-5-2-8(15)3-6-14/h1,4,7H,2-3,5-6H2. The Morgan fingerprint density at radius 3 is 2.69 bits per heavy atom. The molecule has 0 aromatic carbocycles. The monoisotopic (exact) mass is 222 g/mol. The molecule has 1 aromatic heterocycles. The summed E-state index contributed by atoms with van der Waals surface area (Å²) in [7, 11) is 0. The summed E-state index contributed by atoms with van der Waals surface area (Å²) in [5, 5.41) is 0. The van der Waals surface area contributed by atoms with Gasteiger partial charge in [-0.1, -0.05) is 0 Å². The number of hydrogen-bond donors (Lipinski definition) is 0. The smallest absolute Gasteiger partial charge is 0.256 e. The second-order valence-electron chi connectivity index (χ2n) is 3.69. The quantitative estimate of drug-likeness (QED) is 0.713. The van der Waals surface area contributed by atoms with Gasteiger partial charge in [0.25, 0.3) is 5.91 Å². The Hall–Kier alpha value is -1.78. The number of carbonyl (C=O) groups is 2. The highest BCUT2D eigenvalue weighted by molar-refractivity contribution is 5.95. The lowest BCUT2D eigenvalue weighted by molar-refractivity contribution is -0.120. The van der Waals surface area contributed by atoms with E-state index in [1.165, 1.54) is 17.2 Å². The number of piperidine rings is 1. The first-order valence-electron chi connectivity index (χ1n) is 5.09. The van der Waals surface area contributed by atoms with Crippen LogP contribution in [-0.2, 0) is 4.79 Å². The molecule has 0 saturated carbocycles. The molecule has 0 N–H and O–H groups in total. The number of rotatable bonds is 1. The summed E-state index contributed by atoms with van der Waals surface area (Å²) in [6, 6.07) is 1.36. The number of pyridine rings is 1. The van der Waals surface area contributed by atoms with Gasteiger partial charge in [0, 0.05) is 32.1 Å². The first-order valence-corrected chi connectivity index (χ1v) is 5.09. The van der Waals surface area contributed by atoms with Crippen molar-refractivity contribution < 1.29 is 14.0 Å². The zero-order valence-electron chi connectivity index (χ0n) is 8.65. The van der Waals surface area contributed by atoms with E-state index < -0.39 is 5.82 Å². The third-order valence-electron chi connectivity index (χ3n) is 2.61. The maximum atomic E-state index is 13.3. The summed E-state index contributed by atoms with van der Waals surface area (Å²) in [5.41, 5.74) is 0.0179. The van der Waals surface area contributed by atoms with E-state index in [4.69, 9.17) is 0 Å². The van der Waals surface area contributed by atoms with Crippen LogP contribution < -0.4 is 0 Å². The topological polar surface area (TPSA) is 50.3 Å². The molecule has 0 aliphatic carbocycles. The summed E-state index contributed by atoms with van der Waals surface area (Å²) in [6.45, 7) is 0.749. The number of amides is 1. The molecule has 4 nitrogen and oxygen atoms in total. The van der Waals surface area contributed by atoms with E-state index >= 15 is 0 Å². The van der Waals surface area contributed by atoms with Crippen LogP contribution in [0.15, 0.2) is 18.5 Å². The van der Waals surface area contributed by atoms with Crippen molar-refractivity contribution in [3.8, 4) is 0 Å². The van der Waals surface area contributed by atoms with Crippen LogP contribution in [0.3, 0.4) is 0 Å². The number of nitrogens with zero attached hydrogens (tertiary/aromatic N) is 2. The van der Waals surface area contributed by atoms with Gasteiger partial charge in [-0.15, -0.1) is 0 Å². The Morgan fingerprint density at radius 2 is 2.06 bits per heavy atom. The van der Waals surface area contributed by atoms with Crippen molar-refractivity contribution >= 4 is 11.7 Å². The molecule has 0 radical (unpaired) electrons. The van der Waals surface area contributed by atoms with Gasteiger partial charge in [-0.05, 0) is 6.07 Å². The third kappa shape index (κ3) is 2.08. The molecule has 1 aromatic rings. The molecule has 0 spiro atoms. The van der Waals surface area contributed by atoms with E-state index in [9.17, 15) is 14.0 Å². The van der Waals surface area contributed by atoms with Crippen molar-refractivity contribution in [2.45, 2.75) is 12.8 Å². The Labute approximate surface area is 92.1 Å². The fourth-order valence-corrected chi connectivity index (χ4v) is 1.68. The van der Waals surface area contributed by atoms with Crippen LogP contribution in [-0.4, -0.2) is 34.7 Å². The molecule has 0 unspecified atom stereocenters. The molecular formula is C11H11FN2O2. The van der Waals surface area contributed by atoms with Crippen molar-refractivity contribution in [3.05, 3.63) is 29.8 Å². The number of likely N-dealkylation sites (tertiary alicyclic amines) is 1. The van der Waals surface area contributed by atoms with E-state index in [1.54, 1.807) is 0 Å². The minimum absolute atomic E-state index is 0.0179. The van der Waals surface area contributed by atoms with Crippen molar-refractivity contribution in [3.63, 3.8) is 0 Å². The average Bonchev–Trinajstić information content (AvgIpc) is 2.30. The van der Waals surface area contributed by atoms with E-state index in [1.807, 2.05) is 0 Å².